The molecule has 3 rings (SSSR count). The summed E-state index contributed by atoms with van der Waals surface area (Å²) >= 11 is 1.19. The number of anilines is 2. The zero-order valence-corrected chi connectivity index (χ0v) is 17.8. The lowest BCUT2D eigenvalue weighted by Gasteiger charge is -2.12. The Bertz CT molecular complexity index is 1070. The summed E-state index contributed by atoms with van der Waals surface area (Å²) in [5.74, 6) is 0.0834. The number of para-hydroxylation sites is 1. The molecule has 0 unspecified atom stereocenters. The number of thiazole rings is 1. The zero-order chi connectivity index (χ0) is 21.4. The number of benzene rings is 2. The SMILES string of the molecule is CCOCCOc1ccccc1C(=O)Nc1ccc(S(=O)(=O)Nc2nccs2)cc1. The molecule has 0 saturated carbocycles. The molecular weight excluding hydrogens is 426 g/mol. The van der Waals surface area contributed by atoms with Gasteiger partial charge in [-0.05, 0) is 43.3 Å². The molecule has 8 nitrogen and oxygen atoms in total. The van der Waals surface area contributed by atoms with Gasteiger partial charge in [-0.2, -0.15) is 0 Å². The van der Waals surface area contributed by atoms with Gasteiger partial charge in [0.1, 0.15) is 12.4 Å². The molecule has 0 aliphatic heterocycles. The first-order valence-corrected chi connectivity index (χ1v) is 11.5. The number of carbonyl (C=O) groups excluding carboxylic acids is 1. The summed E-state index contributed by atoms with van der Waals surface area (Å²) in [7, 11) is -3.75. The van der Waals surface area contributed by atoms with Crippen LogP contribution in [0.3, 0.4) is 0 Å². The van der Waals surface area contributed by atoms with Crippen molar-refractivity contribution in [2.45, 2.75) is 11.8 Å². The Morgan fingerprint density at radius 1 is 1.10 bits per heavy atom. The van der Waals surface area contributed by atoms with Crippen LogP contribution in [0.25, 0.3) is 0 Å². The molecule has 0 aliphatic carbocycles. The Morgan fingerprint density at radius 2 is 1.87 bits per heavy atom. The summed E-state index contributed by atoms with van der Waals surface area (Å²) in [6.07, 6.45) is 1.51. The van der Waals surface area contributed by atoms with Crippen LogP contribution in [0.15, 0.2) is 65.0 Å². The van der Waals surface area contributed by atoms with E-state index in [4.69, 9.17) is 9.47 Å². The van der Waals surface area contributed by atoms with E-state index in [2.05, 4.69) is 15.0 Å². The minimum atomic E-state index is -3.75. The lowest BCUT2D eigenvalue weighted by atomic mass is 10.2. The van der Waals surface area contributed by atoms with Crippen molar-refractivity contribution in [3.63, 3.8) is 0 Å². The predicted octanol–water partition coefficient (Wildman–Crippen LogP) is 3.61. The molecule has 0 bridgehead atoms. The van der Waals surface area contributed by atoms with Gasteiger partial charge in [0.15, 0.2) is 5.13 Å². The number of nitrogens with zero attached hydrogens (tertiary/aromatic N) is 1. The molecule has 0 aliphatic rings. The predicted molar refractivity (Wildman–Crippen MR) is 116 cm³/mol. The molecule has 0 saturated heterocycles. The van der Waals surface area contributed by atoms with Crippen LogP contribution in [0.2, 0.25) is 0 Å². The average molecular weight is 448 g/mol. The Morgan fingerprint density at radius 3 is 2.57 bits per heavy atom. The Labute approximate surface area is 178 Å². The van der Waals surface area contributed by atoms with Gasteiger partial charge >= 0.3 is 0 Å². The first-order valence-electron chi connectivity index (χ1n) is 9.13. The second kappa shape index (κ2) is 10.2. The third-order valence-corrected chi connectivity index (χ3v) is 6.07. The van der Waals surface area contributed by atoms with Gasteiger partial charge in [0.25, 0.3) is 15.9 Å². The fourth-order valence-corrected chi connectivity index (χ4v) is 4.29. The van der Waals surface area contributed by atoms with Crippen molar-refractivity contribution in [3.05, 3.63) is 65.7 Å². The smallest absolute Gasteiger partial charge is 0.263 e. The van der Waals surface area contributed by atoms with Gasteiger partial charge in [0.2, 0.25) is 0 Å². The van der Waals surface area contributed by atoms with Crippen LogP contribution in [0.5, 0.6) is 5.75 Å². The van der Waals surface area contributed by atoms with Crippen LogP contribution in [-0.2, 0) is 14.8 Å². The molecule has 30 heavy (non-hydrogen) atoms. The number of rotatable bonds is 10. The monoisotopic (exact) mass is 447 g/mol. The van der Waals surface area contributed by atoms with Gasteiger partial charge in [0, 0.05) is 23.9 Å². The maximum atomic E-state index is 12.7. The number of amides is 1. The van der Waals surface area contributed by atoms with Crippen molar-refractivity contribution < 1.29 is 22.7 Å². The topological polar surface area (TPSA) is 107 Å². The molecule has 3 aromatic rings. The van der Waals surface area contributed by atoms with Gasteiger partial charge in [-0.1, -0.05) is 12.1 Å². The lowest BCUT2D eigenvalue weighted by molar-refractivity contribution is 0.0998. The van der Waals surface area contributed by atoms with Crippen LogP contribution in [0.4, 0.5) is 10.8 Å². The molecule has 1 amide bonds. The number of nitrogens with one attached hydrogen (secondary N) is 2. The maximum absolute atomic E-state index is 12.7. The number of hydrogen-bond acceptors (Lipinski definition) is 7. The minimum absolute atomic E-state index is 0.0651. The molecule has 0 fully saturated rings. The second-order valence-corrected chi connectivity index (χ2v) is 8.54. The van der Waals surface area contributed by atoms with Crippen molar-refractivity contribution in [2.24, 2.45) is 0 Å². The molecule has 0 atom stereocenters. The normalized spacial score (nSPS) is 11.1. The van der Waals surface area contributed by atoms with E-state index in [0.29, 0.717) is 36.8 Å². The third-order valence-electron chi connectivity index (χ3n) is 3.90. The van der Waals surface area contributed by atoms with E-state index < -0.39 is 10.0 Å². The summed E-state index contributed by atoms with van der Waals surface area (Å²) in [4.78, 5) is 16.6. The summed E-state index contributed by atoms with van der Waals surface area (Å²) in [5, 5.41) is 4.71. The molecule has 2 aromatic carbocycles. The van der Waals surface area contributed by atoms with Gasteiger partial charge in [-0.15, -0.1) is 11.3 Å². The van der Waals surface area contributed by atoms with E-state index in [-0.39, 0.29) is 15.9 Å². The van der Waals surface area contributed by atoms with E-state index in [1.54, 1.807) is 29.6 Å². The van der Waals surface area contributed by atoms with Crippen molar-refractivity contribution in [1.82, 2.24) is 4.98 Å². The highest BCUT2D eigenvalue weighted by Crippen LogP contribution is 2.22. The van der Waals surface area contributed by atoms with Gasteiger partial charge in [-0.25, -0.2) is 13.4 Å². The van der Waals surface area contributed by atoms with Crippen LogP contribution < -0.4 is 14.8 Å². The second-order valence-electron chi connectivity index (χ2n) is 5.96. The first-order chi connectivity index (χ1) is 14.5. The molecule has 2 N–H and O–H groups in total. The van der Waals surface area contributed by atoms with Gasteiger partial charge < -0.3 is 14.8 Å². The summed E-state index contributed by atoms with van der Waals surface area (Å²) in [6.45, 7) is 3.25. The van der Waals surface area contributed by atoms with Gasteiger partial charge in [-0.3, -0.25) is 9.52 Å². The molecule has 1 heterocycles. The maximum Gasteiger partial charge on any atom is 0.263 e. The van der Waals surface area contributed by atoms with Crippen LogP contribution in [0, 0.1) is 0 Å². The highest BCUT2D eigenvalue weighted by atomic mass is 32.2. The van der Waals surface area contributed by atoms with Gasteiger partial charge in [0.05, 0.1) is 17.1 Å². The fraction of sp³-hybridized carbons (Fsp3) is 0.200. The van der Waals surface area contributed by atoms with Crippen LogP contribution in [-0.4, -0.2) is 39.1 Å². The van der Waals surface area contributed by atoms with Crippen LogP contribution >= 0.6 is 11.3 Å². The largest absolute Gasteiger partial charge is 0.490 e. The van der Waals surface area contributed by atoms with E-state index in [1.807, 2.05) is 6.92 Å². The quantitative estimate of drug-likeness (QED) is 0.460. The van der Waals surface area contributed by atoms with E-state index >= 15 is 0 Å². The number of hydrogen-bond donors (Lipinski definition) is 2. The van der Waals surface area contributed by atoms with Crippen molar-refractivity contribution in [2.75, 3.05) is 29.9 Å². The standard InChI is InChI=1S/C20H21N3O5S2/c1-2-27-12-13-28-18-6-4-3-5-17(18)19(24)22-15-7-9-16(10-8-15)30(25,26)23-20-21-11-14-29-20/h3-11,14H,2,12-13H2,1H3,(H,21,23)(H,22,24). The molecule has 158 valence electrons. The number of sulfonamides is 1. The Balaban J connectivity index is 1.66. The summed E-state index contributed by atoms with van der Waals surface area (Å²) in [6, 6.07) is 12.8. The molecule has 0 radical (unpaired) electrons. The summed E-state index contributed by atoms with van der Waals surface area (Å²) < 4.78 is 38.1. The fourth-order valence-electron chi connectivity index (χ4n) is 2.50. The van der Waals surface area contributed by atoms with Crippen LogP contribution in [0.1, 0.15) is 17.3 Å². The summed E-state index contributed by atoms with van der Waals surface area (Å²) in [5.41, 5.74) is 0.827. The lowest BCUT2D eigenvalue weighted by Crippen LogP contribution is -2.15. The zero-order valence-electron chi connectivity index (χ0n) is 16.2. The number of ether oxygens (including phenoxy) is 2. The van der Waals surface area contributed by atoms with Crippen molar-refractivity contribution >= 4 is 38.1 Å². The highest BCUT2D eigenvalue weighted by molar-refractivity contribution is 7.93. The average Bonchev–Trinajstić information content (AvgIpc) is 3.24. The van der Waals surface area contributed by atoms with E-state index in [0.717, 1.165) is 0 Å². The first kappa shape index (κ1) is 21.8. The Hall–Kier alpha value is -2.95. The Kier molecular flexibility index (Phi) is 7.39. The third kappa shape index (κ3) is 5.78. The highest BCUT2D eigenvalue weighted by Gasteiger charge is 2.16. The molecule has 1 aromatic heterocycles. The molecule has 0 spiro atoms. The van der Waals surface area contributed by atoms with E-state index in [1.165, 1.54) is 41.8 Å². The van der Waals surface area contributed by atoms with Crippen molar-refractivity contribution in [1.29, 1.82) is 0 Å². The number of carbonyl (C=O) groups is 1. The molecular formula is C20H21N3O5S2. The van der Waals surface area contributed by atoms with Crippen molar-refractivity contribution in [3.8, 4) is 5.75 Å². The molecule has 10 heteroatoms. The number of aromatic nitrogens is 1. The minimum Gasteiger partial charge on any atom is -0.490 e. The van der Waals surface area contributed by atoms with E-state index in [9.17, 15) is 13.2 Å².